The average molecular weight is 403 g/mol. The fourth-order valence-electron chi connectivity index (χ4n) is 2.88. The number of alkyl halides is 6. The molecule has 1 fully saturated rings. The van der Waals surface area contributed by atoms with Gasteiger partial charge in [0.15, 0.2) is 0 Å². The van der Waals surface area contributed by atoms with Crippen LogP contribution in [0.3, 0.4) is 0 Å². The Hall–Kier alpha value is -2.78. The highest BCUT2D eigenvalue weighted by molar-refractivity contribution is 6.04. The first kappa shape index (κ1) is 20.0. The second kappa shape index (κ2) is 7.33. The zero-order valence-corrected chi connectivity index (χ0v) is 14.4. The highest BCUT2D eigenvalue weighted by atomic mass is 19.4. The van der Waals surface area contributed by atoms with Gasteiger partial charge in [-0.25, -0.2) is 4.98 Å². The van der Waals surface area contributed by atoms with Gasteiger partial charge < -0.3 is 10.2 Å². The topological polar surface area (TPSA) is 45.2 Å². The van der Waals surface area contributed by atoms with Crippen LogP contribution in [0.2, 0.25) is 0 Å². The fraction of sp³-hybridized carbons (Fsp3) is 0.333. The van der Waals surface area contributed by atoms with Crippen molar-refractivity contribution in [2.75, 3.05) is 23.3 Å². The number of nitrogens with zero attached hydrogens (tertiary/aromatic N) is 2. The molecule has 1 aliphatic heterocycles. The van der Waals surface area contributed by atoms with Crippen LogP contribution in [0.25, 0.3) is 0 Å². The molecule has 0 radical (unpaired) electrons. The normalized spacial score (nSPS) is 15.0. The van der Waals surface area contributed by atoms with Gasteiger partial charge in [0, 0.05) is 18.7 Å². The smallest absolute Gasteiger partial charge is 0.357 e. The fourth-order valence-corrected chi connectivity index (χ4v) is 2.88. The molecule has 150 valence electrons. The molecule has 1 amide bonds. The number of amides is 1. The number of halogens is 6. The van der Waals surface area contributed by atoms with E-state index in [9.17, 15) is 31.1 Å². The van der Waals surface area contributed by atoms with Gasteiger partial charge in [0.05, 0.1) is 23.0 Å². The van der Waals surface area contributed by atoms with Gasteiger partial charge in [-0.2, -0.15) is 26.3 Å². The van der Waals surface area contributed by atoms with Crippen LogP contribution in [0.1, 0.15) is 34.3 Å². The Bertz CT molecular complexity index is 823. The molecular formula is C18H15F6N3O. The number of benzene rings is 1. The first-order valence-electron chi connectivity index (χ1n) is 8.36. The van der Waals surface area contributed by atoms with E-state index in [-0.39, 0.29) is 11.8 Å². The number of hydrogen-bond acceptors (Lipinski definition) is 3. The van der Waals surface area contributed by atoms with Crippen LogP contribution < -0.4 is 10.2 Å². The predicted octanol–water partition coefficient (Wildman–Crippen LogP) is 4.97. The van der Waals surface area contributed by atoms with E-state index in [1.165, 1.54) is 12.3 Å². The molecule has 0 atom stereocenters. The van der Waals surface area contributed by atoms with Crippen LogP contribution in [-0.2, 0) is 12.4 Å². The van der Waals surface area contributed by atoms with Crippen molar-refractivity contribution in [2.24, 2.45) is 0 Å². The van der Waals surface area contributed by atoms with Crippen molar-refractivity contribution in [3.05, 3.63) is 53.2 Å². The number of hydrogen-bond donors (Lipinski definition) is 1. The lowest BCUT2D eigenvalue weighted by atomic mass is 10.0. The van der Waals surface area contributed by atoms with E-state index in [4.69, 9.17) is 0 Å². The molecule has 10 heteroatoms. The molecule has 4 nitrogen and oxygen atoms in total. The van der Waals surface area contributed by atoms with E-state index < -0.39 is 35.0 Å². The third kappa shape index (κ3) is 4.55. The molecule has 1 aliphatic rings. The van der Waals surface area contributed by atoms with Gasteiger partial charge in [-0.15, -0.1) is 0 Å². The number of pyridine rings is 1. The molecule has 28 heavy (non-hydrogen) atoms. The monoisotopic (exact) mass is 403 g/mol. The van der Waals surface area contributed by atoms with E-state index >= 15 is 0 Å². The van der Waals surface area contributed by atoms with E-state index in [1.807, 2.05) is 4.90 Å². The number of carbonyl (C=O) groups is 1. The molecule has 2 heterocycles. The highest BCUT2D eigenvalue weighted by Gasteiger charge is 2.37. The molecule has 0 spiro atoms. The molecule has 0 unspecified atom stereocenters. The highest BCUT2D eigenvalue weighted by Crippen LogP contribution is 2.36. The van der Waals surface area contributed by atoms with Crippen molar-refractivity contribution in [2.45, 2.75) is 25.2 Å². The van der Waals surface area contributed by atoms with Crippen LogP contribution >= 0.6 is 0 Å². The zero-order chi connectivity index (χ0) is 20.5. The summed E-state index contributed by atoms with van der Waals surface area (Å²) < 4.78 is 77.4. The van der Waals surface area contributed by atoms with E-state index in [1.54, 1.807) is 6.07 Å². The van der Waals surface area contributed by atoms with E-state index in [0.717, 1.165) is 25.9 Å². The van der Waals surface area contributed by atoms with Gasteiger partial charge >= 0.3 is 12.4 Å². The average Bonchev–Trinajstić information content (AvgIpc) is 3.15. The Labute approximate surface area is 156 Å². The Morgan fingerprint density at radius 2 is 1.50 bits per heavy atom. The van der Waals surface area contributed by atoms with Gasteiger partial charge in [0.2, 0.25) is 0 Å². The Kier molecular flexibility index (Phi) is 5.22. The van der Waals surface area contributed by atoms with Crippen LogP contribution in [0.15, 0.2) is 36.5 Å². The minimum Gasteiger partial charge on any atom is -0.357 e. The van der Waals surface area contributed by atoms with Crippen LogP contribution in [0.5, 0.6) is 0 Å². The molecule has 0 aliphatic carbocycles. The Balaban J connectivity index is 1.83. The van der Waals surface area contributed by atoms with Gasteiger partial charge in [-0.3, -0.25) is 4.79 Å². The lowest BCUT2D eigenvalue weighted by Crippen LogP contribution is -2.19. The molecule has 1 aromatic carbocycles. The summed E-state index contributed by atoms with van der Waals surface area (Å²) in [4.78, 5) is 18.4. The summed E-state index contributed by atoms with van der Waals surface area (Å²) in [6.07, 6.45) is -6.65. The van der Waals surface area contributed by atoms with E-state index in [2.05, 4.69) is 10.3 Å². The molecule has 3 rings (SSSR count). The second-order valence-corrected chi connectivity index (χ2v) is 6.35. The molecule has 0 saturated carbocycles. The molecule has 1 N–H and O–H groups in total. The van der Waals surface area contributed by atoms with Crippen molar-refractivity contribution in [3.63, 3.8) is 0 Å². The van der Waals surface area contributed by atoms with Crippen molar-refractivity contribution >= 4 is 17.4 Å². The van der Waals surface area contributed by atoms with Crippen molar-refractivity contribution in [1.82, 2.24) is 4.98 Å². The second-order valence-electron chi connectivity index (χ2n) is 6.35. The Morgan fingerprint density at radius 3 is 1.96 bits per heavy atom. The molecule has 1 aromatic heterocycles. The maximum atomic E-state index is 12.9. The predicted molar refractivity (Wildman–Crippen MR) is 90.1 cm³/mol. The van der Waals surface area contributed by atoms with Crippen LogP contribution in [-0.4, -0.2) is 24.0 Å². The van der Waals surface area contributed by atoms with Crippen molar-refractivity contribution < 1.29 is 31.1 Å². The summed E-state index contributed by atoms with van der Waals surface area (Å²) in [7, 11) is 0. The first-order valence-corrected chi connectivity index (χ1v) is 8.36. The SMILES string of the molecule is O=C(Nc1ccc(N2CCCC2)nc1)c1cc(C(F)(F)F)cc(C(F)(F)F)c1. The third-order valence-electron chi connectivity index (χ3n) is 4.29. The summed E-state index contributed by atoms with van der Waals surface area (Å²) in [6, 6.07) is 3.88. The zero-order valence-electron chi connectivity index (χ0n) is 14.4. The molecule has 1 saturated heterocycles. The first-order chi connectivity index (χ1) is 13.0. The maximum absolute atomic E-state index is 12.9. The quantitative estimate of drug-likeness (QED) is 0.736. The summed E-state index contributed by atoms with van der Waals surface area (Å²) in [6.45, 7) is 1.70. The summed E-state index contributed by atoms with van der Waals surface area (Å²) in [5.74, 6) is -0.402. The maximum Gasteiger partial charge on any atom is 0.416 e. The van der Waals surface area contributed by atoms with Crippen molar-refractivity contribution in [1.29, 1.82) is 0 Å². The van der Waals surface area contributed by atoms with Crippen molar-refractivity contribution in [3.8, 4) is 0 Å². The van der Waals surface area contributed by atoms with Gasteiger partial charge in [-0.1, -0.05) is 0 Å². The van der Waals surface area contributed by atoms with E-state index in [0.29, 0.717) is 18.0 Å². The summed E-state index contributed by atoms with van der Waals surface area (Å²) in [5.41, 5.74) is -3.67. The minimum atomic E-state index is -5.02. The Morgan fingerprint density at radius 1 is 0.929 bits per heavy atom. The number of carbonyl (C=O) groups excluding carboxylic acids is 1. The summed E-state index contributed by atoms with van der Waals surface area (Å²) >= 11 is 0. The third-order valence-corrected chi connectivity index (χ3v) is 4.29. The number of nitrogens with one attached hydrogen (secondary N) is 1. The summed E-state index contributed by atoms with van der Waals surface area (Å²) in [5, 5.41) is 2.28. The standard InChI is InChI=1S/C18H15F6N3O/c19-17(20,21)12-7-11(8-13(9-12)18(22,23)24)16(28)26-14-3-4-15(25-10-14)27-5-1-2-6-27/h3-4,7-10H,1-2,5-6H2,(H,26,28). The minimum absolute atomic E-state index is 0.0246. The molecular weight excluding hydrogens is 388 g/mol. The molecule has 0 bridgehead atoms. The van der Waals surface area contributed by atoms with Gasteiger partial charge in [0.25, 0.3) is 5.91 Å². The lowest BCUT2D eigenvalue weighted by molar-refractivity contribution is -0.143. The van der Waals surface area contributed by atoms with Crippen LogP contribution in [0, 0.1) is 0 Å². The molecule has 2 aromatic rings. The van der Waals surface area contributed by atoms with Gasteiger partial charge in [-0.05, 0) is 43.2 Å². The largest absolute Gasteiger partial charge is 0.416 e. The lowest BCUT2D eigenvalue weighted by Gasteiger charge is -2.16. The van der Waals surface area contributed by atoms with Crippen LogP contribution in [0.4, 0.5) is 37.8 Å². The number of rotatable bonds is 3. The number of aromatic nitrogens is 1. The van der Waals surface area contributed by atoms with Gasteiger partial charge in [0.1, 0.15) is 5.82 Å². The number of anilines is 2.